The minimum Gasteiger partial charge on any atom is -0.348 e. The summed E-state index contributed by atoms with van der Waals surface area (Å²) in [7, 11) is 0. The Hall–Kier alpha value is -1.41. The molecular formula is C16H24N4O2S2. The van der Waals surface area contributed by atoms with Gasteiger partial charge in [0, 0.05) is 17.2 Å². The highest BCUT2D eigenvalue weighted by atomic mass is 32.2. The van der Waals surface area contributed by atoms with Crippen LogP contribution in [0.15, 0.2) is 11.6 Å². The molecule has 1 aromatic heterocycles. The van der Waals surface area contributed by atoms with Crippen molar-refractivity contribution in [2.24, 2.45) is 0 Å². The van der Waals surface area contributed by atoms with Crippen LogP contribution in [-0.2, 0) is 16.1 Å². The predicted molar refractivity (Wildman–Crippen MR) is 97.9 cm³/mol. The van der Waals surface area contributed by atoms with Gasteiger partial charge in [-0.2, -0.15) is 0 Å². The van der Waals surface area contributed by atoms with Crippen molar-refractivity contribution >= 4 is 34.9 Å². The fraction of sp³-hybridized carbons (Fsp3) is 0.625. The molecule has 1 aliphatic heterocycles. The summed E-state index contributed by atoms with van der Waals surface area (Å²) in [5.41, 5.74) is 0.698. The van der Waals surface area contributed by atoms with Gasteiger partial charge in [-0.3, -0.25) is 9.59 Å². The van der Waals surface area contributed by atoms with Crippen molar-refractivity contribution in [3.63, 3.8) is 0 Å². The second kappa shape index (κ2) is 8.62. The molecule has 1 fully saturated rings. The van der Waals surface area contributed by atoms with Gasteiger partial charge in [-0.15, -0.1) is 22.0 Å². The van der Waals surface area contributed by atoms with Gasteiger partial charge in [0.15, 0.2) is 0 Å². The van der Waals surface area contributed by atoms with E-state index in [9.17, 15) is 9.59 Å². The maximum atomic E-state index is 12.5. The third-order valence-electron chi connectivity index (χ3n) is 3.68. The summed E-state index contributed by atoms with van der Waals surface area (Å²) < 4.78 is 0. The Morgan fingerprint density at radius 3 is 2.79 bits per heavy atom. The Labute approximate surface area is 151 Å². The molecule has 0 unspecified atom stereocenters. The normalized spacial score (nSPS) is 18.3. The summed E-state index contributed by atoms with van der Waals surface area (Å²) in [6.07, 6.45) is 2.71. The van der Waals surface area contributed by atoms with Gasteiger partial charge in [0.2, 0.25) is 5.91 Å². The molecule has 2 rings (SSSR count). The van der Waals surface area contributed by atoms with Gasteiger partial charge >= 0.3 is 0 Å². The third kappa shape index (κ3) is 4.57. The number of aromatic nitrogens is 2. The summed E-state index contributed by atoms with van der Waals surface area (Å²) in [6.45, 7) is 8.28. The zero-order valence-corrected chi connectivity index (χ0v) is 16.2. The van der Waals surface area contributed by atoms with Crippen molar-refractivity contribution in [3.8, 4) is 0 Å². The lowest BCUT2D eigenvalue weighted by atomic mass is 10.2. The van der Waals surface area contributed by atoms with E-state index in [0.717, 1.165) is 16.4 Å². The number of thioether (sulfide) groups is 1. The average Bonchev–Trinajstić information content (AvgIpc) is 3.21. The van der Waals surface area contributed by atoms with E-state index in [2.05, 4.69) is 29.4 Å². The van der Waals surface area contributed by atoms with E-state index in [0.29, 0.717) is 29.7 Å². The van der Waals surface area contributed by atoms with Gasteiger partial charge in [0.05, 0.1) is 12.4 Å². The fourth-order valence-corrected chi connectivity index (χ4v) is 4.27. The lowest BCUT2D eigenvalue weighted by molar-refractivity contribution is -0.135. The SMILES string of the molecule is CC/C=C(\C)C(=O)N1CSC[C@H]1C(=O)NCc1nnc(C(C)C)s1. The van der Waals surface area contributed by atoms with Gasteiger partial charge in [0.1, 0.15) is 16.1 Å². The largest absolute Gasteiger partial charge is 0.348 e. The molecule has 1 aromatic rings. The molecule has 1 N–H and O–H groups in total. The van der Waals surface area contributed by atoms with Crippen LogP contribution >= 0.6 is 23.1 Å². The fourth-order valence-electron chi connectivity index (χ4n) is 2.33. The lowest BCUT2D eigenvalue weighted by Gasteiger charge is -2.23. The molecule has 1 atom stereocenters. The van der Waals surface area contributed by atoms with E-state index >= 15 is 0 Å². The molecular weight excluding hydrogens is 344 g/mol. The Morgan fingerprint density at radius 1 is 1.42 bits per heavy atom. The molecule has 132 valence electrons. The summed E-state index contributed by atoms with van der Waals surface area (Å²) >= 11 is 3.12. The standard InChI is InChI=1S/C16H24N4O2S2/c1-5-6-11(4)16(22)20-9-23-8-12(20)14(21)17-7-13-18-19-15(24-13)10(2)3/h6,10,12H,5,7-9H2,1-4H3,(H,17,21)/b11-6+/t12-/m0/s1. The molecule has 8 heteroatoms. The number of carbonyl (C=O) groups is 2. The smallest absolute Gasteiger partial charge is 0.250 e. The molecule has 1 aliphatic rings. The zero-order valence-electron chi connectivity index (χ0n) is 14.5. The van der Waals surface area contributed by atoms with Crippen molar-refractivity contribution in [2.75, 3.05) is 11.6 Å². The van der Waals surface area contributed by atoms with Gasteiger partial charge in [-0.1, -0.05) is 38.2 Å². The molecule has 2 amide bonds. The number of hydrogen-bond acceptors (Lipinski definition) is 6. The number of nitrogens with one attached hydrogen (secondary N) is 1. The van der Waals surface area contributed by atoms with E-state index < -0.39 is 6.04 Å². The topological polar surface area (TPSA) is 75.2 Å². The maximum Gasteiger partial charge on any atom is 0.250 e. The Bertz CT molecular complexity index is 627. The van der Waals surface area contributed by atoms with Gasteiger partial charge in [-0.05, 0) is 13.3 Å². The van der Waals surface area contributed by atoms with Gasteiger partial charge < -0.3 is 10.2 Å². The first-order valence-electron chi connectivity index (χ1n) is 8.09. The predicted octanol–water partition coefficient (Wildman–Crippen LogP) is 2.54. The Morgan fingerprint density at radius 2 is 2.17 bits per heavy atom. The van der Waals surface area contributed by atoms with Crippen molar-refractivity contribution < 1.29 is 9.59 Å². The van der Waals surface area contributed by atoms with Crippen LogP contribution in [0.25, 0.3) is 0 Å². The molecule has 2 heterocycles. The monoisotopic (exact) mass is 368 g/mol. The Balaban J connectivity index is 1.95. The van der Waals surface area contributed by atoms with Crippen molar-refractivity contribution in [3.05, 3.63) is 21.7 Å². The second-order valence-electron chi connectivity index (χ2n) is 5.99. The summed E-state index contributed by atoms with van der Waals surface area (Å²) in [6, 6.07) is -0.416. The van der Waals surface area contributed by atoms with E-state index in [-0.39, 0.29) is 11.8 Å². The lowest BCUT2D eigenvalue weighted by Crippen LogP contribution is -2.47. The van der Waals surface area contributed by atoms with E-state index in [1.807, 2.05) is 13.0 Å². The molecule has 1 saturated heterocycles. The number of carbonyl (C=O) groups excluding carboxylic acids is 2. The van der Waals surface area contributed by atoms with Gasteiger partial charge in [0.25, 0.3) is 5.91 Å². The van der Waals surface area contributed by atoms with E-state index in [1.165, 1.54) is 11.3 Å². The minimum atomic E-state index is -0.416. The highest BCUT2D eigenvalue weighted by molar-refractivity contribution is 7.99. The second-order valence-corrected chi connectivity index (χ2v) is 8.09. The number of allylic oxidation sites excluding steroid dienone is 1. The van der Waals surface area contributed by atoms with E-state index in [1.54, 1.807) is 23.6 Å². The minimum absolute atomic E-state index is 0.0555. The van der Waals surface area contributed by atoms with Crippen LogP contribution in [0.5, 0.6) is 0 Å². The van der Waals surface area contributed by atoms with E-state index in [4.69, 9.17) is 0 Å². The number of rotatable bonds is 6. The number of nitrogens with zero attached hydrogens (tertiary/aromatic N) is 3. The molecule has 0 aromatic carbocycles. The van der Waals surface area contributed by atoms with Crippen molar-refractivity contribution in [2.45, 2.75) is 52.6 Å². The van der Waals surface area contributed by atoms with Crippen LogP contribution in [0.4, 0.5) is 0 Å². The first-order valence-corrected chi connectivity index (χ1v) is 10.1. The van der Waals surface area contributed by atoms with Crippen molar-refractivity contribution in [1.82, 2.24) is 20.4 Å². The third-order valence-corrected chi connectivity index (χ3v) is 5.92. The van der Waals surface area contributed by atoms with Gasteiger partial charge in [-0.25, -0.2) is 0 Å². The van der Waals surface area contributed by atoms with Crippen LogP contribution in [0.2, 0.25) is 0 Å². The zero-order chi connectivity index (χ0) is 17.7. The first-order chi connectivity index (χ1) is 11.4. The van der Waals surface area contributed by atoms with Crippen LogP contribution < -0.4 is 5.32 Å². The molecule has 0 spiro atoms. The molecule has 24 heavy (non-hydrogen) atoms. The highest BCUT2D eigenvalue weighted by Gasteiger charge is 2.34. The molecule has 0 bridgehead atoms. The molecule has 0 saturated carbocycles. The molecule has 0 aliphatic carbocycles. The summed E-state index contributed by atoms with van der Waals surface area (Å²) in [5, 5.41) is 12.9. The average molecular weight is 369 g/mol. The summed E-state index contributed by atoms with van der Waals surface area (Å²) in [4.78, 5) is 26.6. The maximum absolute atomic E-state index is 12.5. The number of hydrogen-bond donors (Lipinski definition) is 1. The summed E-state index contributed by atoms with van der Waals surface area (Å²) in [5.74, 6) is 1.34. The van der Waals surface area contributed by atoms with Crippen LogP contribution in [0.3, 0.4) is 0 Å². The van der Waals surface area contributed by atoms with Crippen LogP contribution in [-0.4, -0.2) is 44.6 Å². The van der Waals surface area contributed by atoms with Crippen LogP contribution in [0.1, 0.15) is 50.0 Å². The van der Waals surface area contributed by atoms with Crippen molar-refractivity contribution in [1.29, 1.82) is 0 Å². The quantitative estimate of drug-likeness (QED) is 0.781. The Kier molecular flexibility index (Phi) is 6.79. The molecule has 0 radical (unpaired) electrons. The van der Waals surface area contributed by atoms with Crippen LogP contribution in [0, 0.1) is 0 Å². The molecule has 6 nitrogen and oxygen atoms in total. The first kappa shape index (κ1) is 18.9. The highest BCUT2D eigenvalue weighted by Crippen LogP contribution is 2.23. The number of amides is 2.